The third-order valence-electron chi connectivity index (χ3n) is 9.11. The van der Waals surface area contributed by atoms with Crippen molar-refractivity contribution in [3.63, 3.8) is 0 Å². The Balaban J connectivity index is 1.53. The number of likely N-dealkylation sites (tertiary alicyclic amines) is 1. The van der Waals surface area contributed by atoms with Crippen molar-refractivity contribution < 1.29 is 28.7 Å². The molecule has 38 heavy (non-hydrogen) atoms. The highest BCUT2D eigenvalue weighted by Gasteiger charge is 2.69. The van der Waals surface area contributed by atoms with Crippen molar-refractivity contribution in [2.24, 2.45) is 40.7 Å². The lowest BCUT2D eigenvalue weighted by Gasteiger charge is -2.37. The first-order valence-electron chi connectivity index (χ1n) is 14.3. The van der Waals surface area contributed by atoms with Crippen molar-refractivity contribution >= 4 is 29.6 Å². The Morgan fingerprint density at radius 1 is 1.00 bits per heavy atom. The zero-order chi connectivity index (χ0) is 27.8. The Morgan fingerprint density at radius 3 is 2.24 bits per heavy atom. The highest BCUT2D eigenvalue weighted by atomic mass is 16.5. The average Bonchev–Trinajstić information content (AvgIpc) is 3.72. The van der Waals surface area contributed by atoms with Crippen LogP contribution in [0.25, 0.3) is 0 Å². The first-order valence-corrected chi connectivity index (χ1v) is 14.3. The lowest BCUT2D eigenvalue weighted by Crippen LogP contribution is -2.59. The van der Waals surface area contributed by atoms with E-state index in [1.54, 1.807) is 4.90 Å². The molecule has 4 N–H and O–H groups in total. The molecule has 4 fully saturated rings. The van der Waals surface area contributed by atoms with Crippen molar-refractivity contribution in [3.8, 4) is 0 Å². The van der Waals surface area contributed by atoms with Gasteiger partial charge in [-0.3, -0.25) is 19.2 Å². The number of piperidine rings is 1. The molecule has 1 heterocycles. The van der Waals surface area contributed by atoms with Gasteiger partial charge in [-0.15, -0.1) is 0 Å². The predicted molar refractivity (Wildman–Crippen MR) is 139 cm³/mol. The van der Waals surface area contributed by atoms with E-state index in [0.29, 0.717) is 13.0 Å². The summed E-state index contributed by atoms with van der Waals surface area (Å²) in [7, 11) is 0. The number of nitrogens with zero attached hydrogens (tertiary/aromatic N) is 1. The van der Waals surface area contributed by atoms with Crippen molar-refractivity contribution in [1.29, 1.82) is 0 Å². The number of carbonyl (C=O) groups is 5. The summed E-state index contributed by atoms with van der Waals surface area (Å²) in [5.74, 6) is -2.07. The SMILES string of the molecule is CC(C)COC(=O)NC(C(=O)N1CC2C(C1C(=O)NC(CC1CC1)C(=O)C(N)=O)C2(C)C)C1CCCCC1. The first-order chi connectivity index (χ1) is 17.9. The maximum atomic E-state index is 14.1. The van der Waals surface area contributed by atoms with Crippen LogP contribution in [-0.2, 0) is 23.9 Å². The Labute approximate surface area is 225 Å². The van der Waals surface area contributed by atoms with Gasteiger partial charge < -0.3 is 26.0 Å². The maximum absolute atomic E-state index is 14.1. The van der Waals surface area contributed by atoms with Gasteiger partial charge >= 0.3 is 6.09 Å². The molecule has 4 rings (SSSR count). The van der Waals surface area contributed by atoms with Crippen LogP contribution in [0.1, 0.15) is 79.1 Å². The molecule has 0 radical (unpaired) electrons. The van der Waals surface area contributed by atoms with Gasteiger partial charge in [-0.25, -0.2) is 4.79 Å². The van der Waals surface area contributed by atoms with E-state index in [1.807, 2.05) is 13.8 Å². The van der Waals surface area contributed by atoms with Crippen molar-refractivity contribution in [1.82, 2.24) is 15.5 Å². The number of carbonyl (C=O) groups excluding carboxylic acids is 5. The molecule has 1 saturated heterocycles. The van der Waals surface area contributed by atoms with Gasteiger partial charge in [0.25, 0.3) is 5.91 Å². The van der Waals surface area contributed by atoms with Gasteiger partial charge in [0.1, 0.15) is 12.1 Å². The highest BCUT2D eigenvalue weighted by Crippen LogP contribution is 2.65. The van der Waals surface area contributed by atoms with Crippen molar-refractivity contribution in [2.75, 3.05) is 13.2 Å². The Hall–Kier alpha value is -2.65. The number of Topliss-reactive ketones (excluding diaryl/α,β-unsaturated/α-hetero) is 1. The first kappa shape index (κ1) is 28.4. The smallest absolute Gasteiger partial charge is 0.407 e. The number of amides is 4. The summed E-state index contributed by atoms with van der Waals surface area (Å²) in [6.07, 6.45) is 6.36. The number of ketones is 1. The fourth-order valence-electron chi connectivity index (χ4n) is 6.60. The number of alkyl carbamates (subject to hydrolysis) is 1. The quantitative estimate of drug-likeness (QED) is 0.347. The number of hydrogen-bond acceptors (Lipinski definition) is 6. The Morgan fingerprint density at radius 2 is 1.66 bits per heavy atom. The van der Waals surface area contributed by atoms with Crippen LogP contribution in [0.3, 0.4) is 0 Å². The maximum Gasteiger partial charge on any atom is 0.407 e. The number of hydrogen-bond donors (Lipinski definition) is 3. The van der Waals surface area contributed by atoms with Crippen LogP contribution in [-0.4, -0.2) is 65.8 Å². The molecule has 0 spiro atoms. The number of rotatable bonds is 11. The van der Waals surface area contributed by atoms with E-state index in [0.717, 1.165) is 44.9 Å². The average molecular weight is 533 g/mol. The minimum absolute atomic E-state index is 0.0319. The molecule has 0 aromatic rings. The number of fused-ring (bicyclic) bond motifs is 1. The second-order valence-corrected chi connectivity index (χ2v) is 12.9. The molecule has 0 bridgehead atoms. The van der Waals surface area contributed by atoms with Crippen LogP contribution in [0.15, 0.2) is 0 Å². The summed E-state index contributed by atoms with van der Waals surface area (Å²) >= 11 is 0. The van der Waals surface area contributed by atoms with Crippen molar-refractivity contribution in [3.05, 3.63) is 0 Å². The largest absolute Gasteiger partial charge is 0.449 e. The molecule has 4 amide bonds. The van der Waals surface area contributed by atoms with Gasteiger partial charge in [0.05, 0.1) is 12.6 Å². The Bertz CT molecular complexity index is 955. The van der Waals surface area contributed by atoms with E-state index in [2.05, 4.69) is 24.5 Å². The van der Waals surface area contributed by atoms with E-state index in [1.165, 1.54) is 0 Å². The van der Waals surface area contributed by atoms with Crippen LogP contribution in [0, 0.1) is 35.0 Å². The zero-order valence-corrected chi connectivity index (χ0v) is 23.2. The number of nitrogens with one attached hydrogen (secondary N) is 2. The van der Waals surface area contributed by atoms with E-state index in [4.69, 9.17) is 10.5 Å². The van der Waals surface area contributed by atoms with Gasteiger partial charge in [0.15, 0.2) is 0 Å². The van der Waals surface area contributed by atoms with Gasteiger partial charge in [0.2, 0.25) is 17.6 Å². The molecule has 5 unspecified atom stereocenters. The molecule has 0 aromatic heterocycles. The van der Waals surface area contributed by atoms with Gasteiger partial charge in [-0.2, -0.15) is 0 Å². The summed E-state index contributed by atoms with van der Waals surface area (Å²) in [6, 6.07) is -2.53. The fourth-order valence-corrected chi connectivity index (χ4v) is 6.60. The topological polar surface area (TPSA) is 148 Å². The molecule has 4 aliphatic rings. The molecular weight excluding hydrogens is 488 g/mol. The second-order valence-electron chi connectivity index (χ2n) is 12.9. The van der Waals surface area contributed by atoms with Crippen molar-refractivity contribution in [2.45, 2.75) is 97.2 Å². The standard InChI is InChI=1S/C28H44N4O6/c1-15(2)14-38-27(37)31-21(17-8-6-5-7-9-17)26(36)32-13-18-20(28(18,3)4)22(32)25(35)30-19(12-16-10-11-16)23(33)24(29)34/h15-22H,5-14H2,1-4H3,(H2,29,34)(H,30,35)(H,31,37). The summed E-state index contributed by atoms with van der Waals surface area (Å²) < 4.78 is 5.34. The Kier molecular flexibility index (Phi) is 8.37. The molecule has 3 aliphatic carbocycles. The van der Waals surface area contributed by atoms with Gasteiger partial charge in [0, 0.05) is 6.54 Å². The summed E-state index contributed by atoms with van der Waals surface area (Å²) in [5.41, 5.74) is 5.15. The molecule has 10 nitrogen and oxygen atoms in total. The minimum atomic E-state index is -1.07. The number of ether oxygens (including phenoxy) is 1. The molecule has 1 aliphatic heterocycles. The van der Waals surface area contributed by atoms with Gasteiger partial charge in [-0.1, -0.05) is 59.8 Å². The lowest BCUT2D eigenvalue weighted by atomic mass is 9.83. The monoisotopic (exact) mass is 532 g/mol. The summed E-state index contributed by atoms with van der Waals surface area (Å²) in [4.78, 5) is 66.2. The zero-order valence-electron chi connectivity index (χ0n) is 23.2. The van der Waals surface area contributed by atoms with Crippen LogP contribution < -0.4 is 16.4 Å². The third kappa shape index (κ3) is 6.15. The molecule has 3 saturated carbocycles. The van der Waals surface area contributed by atoms with Crippen LogP contribution >= 0.6 is 0 Å². The normalized spacial score (nSPS) is 27.7. The van der Waals surface area contributed by atoms with Gasteiger partial charge in [-0.05, 0) is 54.3 Å². The minimum Gasteiger partial charge on any atom is -0.449 e. The van der Waals surface area contributed by atoms with Crippen LogP contribution in [0.4, 0.5) is 4.79 Å². The van der Waals surface area contributed by atoms with E-state index >= 15 is 0 Å². The van der Waals surface area contributed by atoms with E-state index in [-0.39, 0.29) is 47.5 Å². The lowest BCUT2D eigenvalue weighted by molar-refractivity contribution is -0.144. The molecule has 5 atom stereocenters. The third-order valence-corrected chi connectivity index (χ3v) is 9.11. The highest BCUT2D eigenvalue weighted by molar-refractivity contribution is 6.37. The number of nitrogens with two attached hydrogens (primary N) is 1. The second kappa shape index (κ2) is 11.2. The van der Waals surface area contributed by atoms with Crippen LogP contribution in [0.5, 0.6) is 0 Å². The summed E-state index contributed by atoms with van der Waals surface area (Å²) in [5, 5.41) is 5.63. The van der Waals surface area contributed by atoms with E-state index < -0.39 is 41.8 Å². The number of primary amides is 1. The molecule has 10 heteroatoms. The van der Waals surface area contributed by atoms with Crippen LogP contribution in [0.2, 0.25) is 0 Å². The van der Waals surface area contributed by atoms with E-state index in [9.17, 15) is 24.0 Å². The molecule has 0 aromatic carbocycles. The molecular formula is C28H44N4O6. The fraction of sp³-hybridized carbons (Fsp3) is 0.821. The summed E-state index contributed by atoms with van der Waals surface area (Å²) in [6.45, 7) is 8.72. The predicted octanol–water partition coefficient (Wildman–Crippen LogP) is 2.14. The molecule has 212 valence electrons.